The maximum atomic E-state index is 5.16. The lowest BCUT2D eigenvalue weighted by atomic mass is 10.0. The summed E-state index contributed by atoms with van der Waals surface area (Å²) in [5.74, 6) is 1.15. The topological polar surface area (TPSA) is 41.9 Å². The van der Waals surface area contributed by atoms with Gasteiger partial charge in [0.15, 0.2) is 11.0 Å². The van der Waals surface area contributed by atoms with Crippen molar-refractivity contribution in [2.75, 3.05) is 17.7 Å². The SMILES string of the molecule is CCCc1nc2sc3c(N4CCCCC4C)nc(SC)nc3c2c2c1CCC2. The number of aryl methyl sites for hydroxylation is 2. The molecule has 148 valence electrons. The van der Waals surface area contributed by atoms with Crippen molar-refractivity contribution in [1.29, 1.82) is 0 Å². The molecule has 3 aromatic heterocycles. The molecule has 0 bridgehead atoms. The Bertz CT molecular complexity index is 1040. The maximum Gasteiger partial charge on any atom is 0.189 e. The molecular weight excluding hydrogens is 384 g/mol. The third-order valence-corrected chi connectivity index (χ3v) is 7.94. The molecule has 6 heteroatoms. The minimum absolute atomic E-state index is 0.543. The van der Waals surface area contributed by atoms with E-state index in [9.17, 15) is 0 Å². The van der Waals surface area contributed by atoms with Gasteiger partial charge in [0.25, 0.3) is 0 Å². The molecule has 0 N–H and O–H groups in total. The van der Waals surface area contributed by atoms with Gasteiger partial charge in [-0.1, -0.05) is 25.1 Å². The van der Waals surface area contributed by atoms with Gasteiger partial charge in [0.2, 0.25) is 0 Å². The predicted octanol–water partition coefficient (Wildman–Crippen LogP) is 5.78. The quantitative estimate of drug-likeness (QED) is 0.401. The van der Waals surface area contributed by atoms with Gasteiger partial charge in [0.05, 0.1) is 10.2 Å². The average Bonchev–Trinajstić information content (AvgIpc) is 3.32. The number of rotatable bonds is 4. The van der Waals surface area contributed by atoms with Crippen molar-refractivity contribution < 1.29 is 0 Å². The van der Waals surface area contributed by atoms with Crippen LogP contribution in [-0.2, 0) is 19.3 Å². The Labute approximate surface area is 175 Å². The van der Waals surface area contributed by atoms with Crippen molar-refractivity contribution >= 4 is 49.3 Å². The number of thioether (sulfide) groups is 1. The molecule has 1 atom stereocenters. The number of nitrogens with zero attached hydrogens (tertiary/aromatic N) is 4. The van der Waals surface area contributed by atoms with Crippen LogP contribution in [0, 0.1) is 0 Å². The van der Waals surface area contributed by atoms with Crippen molar-refractivity contribution in [2.45, 2.75) is 76.4 Å². The van der Waals surface area contributed by atoms with Crippen LogP contribution in [0.25, 0.3) is 20.4 Å². The highest BCUT2D eigenvalue weighted by Crippen LogP contribution is 2.43. The van der Waals surface area contributed by atoms with Crippen molar-refractivity contribution in [3.8, 4) is 0 Å². The monoisotopic (exact) mass is 412 g/mol. The molecule has 28 heavy (non-hydrogen) atoms. The Balaban J connectivity index is 1.80. The second-order valence-electron chi connectivity index (χ2n) is 8.15. The highest BCUT2D eigenvalue weighted by atomic mass is 32.2. The minimum atomic E-state index is 0.543. The zero-order valence-electron chi connectivity index (χ0n) is 17.0. The molecular formula is C22H28N4S2. The van der Waals surface area contributed by atoms with Crippen molar-refractivity contribution in [2.24, 2.45) is 0 Å². The Morgan fingerprint density at radius 2 is 1.96 bits per heavy atom. The summed E-state index contributed by atoms with van der Waals surface area (Å²) >= 11 is 3.48. The smallest absolute Gasteiger partial charge is 0.189 e. The predicted molar refractivity (Wildman–Crippen MR) is 121 cm³/mol. The molecule has 2 aliphatic rings. The van der Waals surface area contributed by atoms with Crippen LogP contribution in [0.4, 0.5) is 5.82 Å². The number of piperidine rings is 1. The van der Waals surface area contributed by atoms with E-state index < -0.39 is 0 Å². The van der Waals surface area contributed by atoms with Crippen LogP contribution < -0.4 is 4.90 Å². The van der Waals surface area contributed by atoms with E-state index in [4.69, 9.17) is 15.0 Å². The highest BCUT2D eigenvalue weighted by Gasteiger charge is 2.28. The summed E-state index contributed by atoms with van der Waals surface area (Å²) in [6.07, 6.45) is 11.8. The number of hydrogen-bond donors (Lipinski definition) is 0. The molecule has 3 aromatic rings. The average molecular weight is 413 g/mol. The number of aromatic nitrogens is 3. The Morgan fingerprint density at radius 3 is 2.75 bits per heavy atom. The highest BCUT2D eigenvalue weighted by molar-refractivity contribution is 7.98. The first-order valence-corrected chi connectivity index (χ1v) is 12.7. The Morgan fingerprint density at radius 1 is 1.11 bits per heavy atom. The lowest BCUT2D eigenvalue weighted by molar-refractivity contribution is 0.481. The standard InChI is InChI=1S/C22H28N4S2/c1-4-8-16-14-10-7-11-15(14)17-18-19(28-21(17)23-16)20(25-22(24-18)27-3)26-12-6-5-9-13(26)2/h13H,4-12H2,1-3H3. The van der Waals surface area contributed by atoms with E-state index in [1.54, 1.807) is 11.8 Å². The van der Waals surface area contributed by atoms with Gasteiger partial charge in [-0.3, -0.25) is 0 Å². The van der Waals surface area contributed by atoms with Crippen LogP contribution >= 0.6 is 23.1 Å². The summed E-state index contributed by atoms with van der Waals surface area (Å²) in [4.78, 5) is 18.9. The lowest BCUT2D eigenvalue weighted by Crippen LogP contribution is -2.38. The molecule has 0 radical (unpaired) electrons. The normalized spacial score (nSPS) is 19.7. The summed E-state index contributed by atoms with van der Waals surface area (Å²) in [7, 11) is 0. The van der Waals surface area contributed by atoms with E-state index in [0.717, 1.165) is 35.9 Å². The second kappa shape index (κ2) is 7.45. The fourth-order valence-electron chi connectivity index (χ4n) is 4.95. The van der Waals surface area contributed by atoms with Gasteiger partial charge >= 0.3 is 0 Å². The van der Waals surface area contributed by atoms with Crippen LogP contribution in [0.1, 0.15) is 62.8 Å². The van der Waals surface area contributed by atoms with E-state index in [1.807, 2.05) is 11.3 Å². The van der Waals surface area contributed by atoms with Gasteiger partial charge in [-0.15, -0.1) is 11.3 Å². The summed E-state index contributed by atoms with van der Waals surface area (Å²) in [5.41, 5.74) is 5.54. The molecule has 5 rings (SSSR count). The molecule has 1 aliphatic carbocycles. The van der Waals surface area contributed by atoms with Crippen molar-refractivity contribution in [3.05, 3.63) is 16.8 Å². The molecule has 1 fully saturated rings. The molecule has 0 amide bonds. The van der Waals surface area contributed by atoms with E-state index in [-0.39, 0.29) is 0 Å². The van der Waals surface area contributed by atoms with Gasteiger partial charge < -0.3 is 4.90 Å². The lowest BCUT2D eigenvalue weighted by Gasteiger charge is -2.34. The summed E-state index contributed by atoms with van der Waals surface area (Å²) in [5, 5.41) is 2.22. The first-order chi connectivity index (χ1) is 13.7. The number of fused-ring (bicyclic) bond motifs is 5. The first kappa shape index (κ1) is 18.6. The zero-order valence-corrected chi connectivity index (χ0v) is 18.7. The van der Waals surface area contributed by atoms with Crippen LogP contribution in [0.15, 0.2) is 5.16 Å². The largest absolute Gasteiger partial charge is 0.353 e. The molecule has 1 aliphatic heterocycles. The van der Waals surface area contributed by atoms with Gasteiger partial charge in [0, 0.05) is 23.7 Å². The van der Waals surface area contributed by atoms with Crippen LogP contribution in [0.3, 0.4) is 0 Å². The summed E-state index contributed by atoms with van der Waals surface area (Å²) in [6.45, 7) is 5.70. The fourth-order valence-corrected chi connectivity index (χ4v) is 6.48. The summed E-state index contributed by atoms with van der Waals surface area (Å²) < 4.78 is 1.25. The zero-order chi connectivity index (χ0) is 19.3. The van der Waals surface area contributed by atoms with E-state index in [1.165, 1.54) is 70.3 Å². The number of pyridine rings is 1. The molecule has 4 heterocycles. The van der Waals surface area contributed by atoms with Crippen LogP contribution in [0.2, 0.25) is 0 Å². The van der Waals surface area contributed by atoms with Gasteiger partial charge in [-0.2, -0.15) is 0 Å². The molecule has 0 aromatic carbocycles. The third-order valence-electron chi connectivity index (χ3n) is 6.33. The molecule has 1 unspecified atom stereocenters. The van der Waals surface area contributed by atoms with Gasteiger partial charge in [-0.25, -0.2) is 15.0 Å². The minimum Gasteiger partial charge on any atom is -0.353 e. The van der Waals surface area contributed by atoms with E-state index in [0.29, 0.717) is 6.04 Å². The van der Waals surface area contributed by atoms with Gasteiger partial charge in [-0.05, 0) is 69.3 Å². The summed E-state index contributed by atoms with van der Waals surface area (Å²) in [6, 6.07) is 0.543. The Kier molecular flexibility index (Phi) is 4.95. The Hall–Kier alpha value is -1.40. The number of hydrogen-bond acceptors (Lipinski definition) is 6. The number of thiophene rings is 1. The second-order valence-corrected chi connectivity index (χ2v) is 9.92. The van der Waals surface area contributed by atoms with E-state index in [2.05, 4.69) is 25.0 Å². The van der Waals surface area contributed by atoms with Crippen LogP contribution in [-0.4, -0.2) is 33.8 Å². The van der Waals surface area contributed by atoms with Crippen LogP contribution in [0.5, 0.6) is 0 Å². The van der Waals surface area contributed by atoms with Crippen molar-refractivity contribution in [3.63, 3.8) is 0 Å². The van der Waals surface area contributed by atoms with E-state index >= 15 is 0 Å². The molecule has 1 saturated heterocycles. The molecule has 4 nitrogen and oxygen atoms in total. The maximum absolute atomic E-state index is 5.16. The molecule has 0 saturated carbocycles. The first-order valence-electron chi connectivity index (χ1n) is 10.7. The van der Waals surface area contributed by atoms with Gasteiger partial charge in [0.1, 0.15) is 4.83 Å². The van der Waals surface area contributed by atoms with Crippen molar-refractivity contribution in [1.82, 2.24) is 15.0 Å². The third kappa shape index (κ3) is 2.91. The fraction of sp³-hybridized carbons (Fsp3) is 0.591. The molecule has 0 spiro atoms. The number of anilines is 1.